The van der Waals surface area contributed by atoms with E-state index in [9.17, 15) is 0 Å². The molecule has 0 spiro atoms. The summed E-state index contributed by atoms with van der Waals surface area (Å²) in [5, 5.41) is 3.43. The molecule has 1 heterocycles. The quantitative estimate of drug-likeness (QED) is 0.826. The highest BCUT2D eigenvalue weighted by Crippen LogP contribution is 2.18. The fraction of sp³-hybridized carbons (Fsp3) is 0.462. The van der Waals surface area contributed by atoms with Gasteiger partial charge in [0, 0.05) is 19.0 Å². The third kappa shape index (κ3) is 2.72. The molecule has 1 aromatic heterocycles. The van der Waals surface area contributed by atoms with Crippen molar-refractivity contribution in [2.75, 3.05) is 11.2 Å². The number of aromatic nitrogens is 2. The zero-order chi connectivity index (χ0) is 12.3. The molecule has 2 rings (SSSR count). The van der Waals surface area contributed by atoms with E-state index in [4.69, 9.17) is 11.6 Å². The maximum atomic E-state index is 5.70. The molecule has 0 aliphatic rings. The predicted octanol–water partition coefficient (Wildman–Crippen LogP) is 3.39. The van der Waals surface area contributed by atoms with Crippen molar-refractivity contribution in [3.63, 3.8) is 0 Å². The van der Waals surface area contributed by atoms with Crippen LogP contribution in [0.5, 0.6) is 0 Å². The summed E-state index contributed by atoms with van der Waals surface area (Å²) in [7, 11) is 2.03. The van der Waals surface area contributed by atoms with E-state index in [0.717, 1.165) is 29.8 Å². The van der Waals surface area contributed by atoms with E-state index < -0.39 is 0 Å². The summed E-state index contributed by atoms with van der Waals surface area (Å²) in [4.78, 5) is 4.58. The molecule has 1 N–H and O–H groups in total. The lowest BCUT2D eigenvalue weighted by Crippen LogP contribution is -2.17. The average molecular weight is 252 g/mol. The Kier molecular flexibility index (Phi) is 3.89. The molecule has 2 aromatic rings. The molecule has 0 fully saturated rings. The van der Waals surface area contributed by atoms with E-state index >= 15 is 0 Å². The second-order valence-electron chi connectivity index (χ2n) is 4.36. The number of fused-ring (bicyclic) bond motifs is 1. The van der Waals surface area contributed by atoms with Crippen LogP contribution < -0.4 is 5.32 Å². The van der Waals surface area contributed by atoms with Gasteiger partial charge in [-0.25, -0.2) is 4.98 Å². The van der Waals surface area contributed by atoms with Crippen LogP contribution in [0.2, 0.25) is 0 Å². The van der Waals surface area contributed by atoms with E-state index in [1.807, 2.05) is 25.2 Å². The number of rotatable bonds is 5. The predicted molar refractivity (Wildman–Crippen MR) is 73.8 cm³/mol. The summed E-state index contributed by atoms with van der Waals surface area (Å²) in [5.41, 5.74) is 2.18. The maximum Gasteiger partial charge on any atom is 0.203 e. The van der Waals surface area contributed by atoms with Crippen LogP contribution in [0.15, 0.2) is 24.3 Å². The second kappa shape index (κ2) is 5.41. The first-order valence-electron chi connectivity index (χ1n) is 5.96. The van der Waals surface area contributed by atoms with Gasteiger partial charge in [0.05, 0.1) is 11.0 Å². The highest BCUT2D eigenvalue weighted by Gasteiger charge is 2.09. The van der Waals surface area contributed by atoms with Crippen molar-refractivity contribution >= 4 is 28.6 Å². The molecule has 0 saturated carbocycles. The summed E-state index contributed by atoms with van der Waals surface area (Å²) in [6.45, 7) is 2.16. The molecule has 0 aliphatic carbocycles. The average Bonchev–Trinajstić information content (AvgIpc) is 2.64. The van der Waals surface area contributed by atoms with Crippen molar-refractivity contribution in [2.45, 2.75) is 25.8 Å². The summed E-state index contributed by atoms with van der Waals surface area (Å²) < 4.78 is 2.09. The molecule has 0 amide bonds. The Morgan fingerprint density at radius 1 is 1.41 bits per heavy atom. The summed E-state index contributed by atoms with van der Waals surface area (Å²) in [6.07, 6.45) is 2.09. The number of benzene rings is 1. The zero-order valence-electron chi connectivity index (χ0n) is 10.3. The number of hydrogen-bond donors (Lipinski definition) is 1. The highest BCUT2D eigenvalue weighted by molar-refractivity contribution is 6.17. The van der Waals surface area contributed by atoms with Crippen molar-refractivity contribution in [3.05, 3.63) is 24.3 Å². The SMILES string of the molecule is CC(CCCCl)Nc1nc2ccccc2n1C. The largest absolute Gasteiger partial charge is 0.353 e. The number of aryl methyl sites for hydroxylation is 1. The normalized spacial score (nSPS) is 12.9. The Balaban J connectivity index is 2.16. The maximum absolute atomic E-state index is 5.70. The minimum absolute atomic E-state index is 0.393. The molecule has 0 saturated heterocycles. The third-order valence-electron chi connectivity index (χ3n) is 2.93. The molecule has 0 radical (unpaired) electrons. The van der Waals surface area contributed by atoms with Crippen molar-refractivity contribution in [2.24, 2.45) is 7.05 Å². The number of para-hydroxylation sites is 2. The van der Waals surface area contributed by atoms with Gasteiger partial charge in [0.25, 0.3) is 0 Å². The molecule has 4 heteroatoms. The van der Waals surface area contributed by atoms with E-state index in [-0.39, 0.29) is 0 Å². The number of hydrogen-bond acceptors (Lipinski definition) is 2. The summed E-state index contributed by atoms with van der Waals surface area (Å²) >= 11 is 5.70. The van der Waals surface area contributed by atoms with Crippen LogP contribution in [0, 0.1) is 0 Å². The number of alkyl halides is 1. The molecular formula is C13H18ClN3. The van der Waals surface area contributed by atoms with Gasteiger partial charge < -0.3 is 9.88 Å². The second-order valence-corrected chi connectivity index (χ2v) is 4.74. The van der Waals surface area contributed by atoms with E-state index in [0.29, 0.717) is 11.9 Å². The first kappa shape index (κ1) is 12.2. The summed E-state index contributed by atoms with van der Waals surface area (Å²) in [6, 6.07) is 8.55. The van der Waals surface area contributed by atoms with Gasteiger partial charge in [0.2, 0.25) is 5.95 Å². The van der Waals surface area contributed by atoms with Crippen LogP contribution in [-0.4, -0.2) is 21.5 Å². The molecule has 92 valence electrons. The lowest BCUT2D eigenvalue weighted by Gasteiger charge is -2.13. The van der Waals surface area contributed by atoms with Crippen LogP contribution in [0.3, 0.4) is 0 Å². The Labute approximate surface area is 107 Å². The van der Waals surface area contributed by atoms with Gasteiger partial charge in [0.15, 0.2) is 0 Å². The Morgan fingerprint density at radius 2 is 2.18 bits per heavy atom. The number of halogens is 1. The first-order valence-corrected chi connectivity index (χ1v) is 6.50. The highest BCUT2D eigenvalue weighted by atomic mass is 35.5. The first-order chi connectivity index (χ1) is 8.22. The third-order valence-corrected chi connectivity index (χ3v) is 3.20. The fourth-order valence-corrected chi connectivity index (χ4v) is 2.10. The minimum atomic E-state index is 0.393. The van der Waals surface area contributed by atoms with Crippen LogP contribution in [0.4, 0.5) is 5.95 Å². The molecule has 3 nitrogen and oxygen atoms in total. The summed E-state index contributed by atoms with van der Waals surface area (Å²) in [5.74, 6) is 1.64. The van der Waals surface area contributed by atoms with Crippen molar-refractivity contribution in [3.8, 4) is 0 Å². The van der Waals surface area contributed by atoms with Gasteiger partial charge in [-0.3, -0.25) is 0 Å². The van der Waals surface area contributed by atoms with Crippen molar-refractivity contribution < 1.29 is 0 Å². The molecular weight excluding hydrogens is 234 g/mol. The minimum Gasteiger partial charge on any atom is -0.353 e. The molecule has 0 aliphatic heterocycles. The monoisotopic (exact) mass is 251 g/mol. The Bertz CT molecular complexity index is 492. The van der Waals surface area contributed by atoms with Crippen molar-refractivity contribution in [1.82, 2.24) is 9.55 Å². The van der Waals surface area contributed by atoms with Gasteiger partial charge in [-0.15, -0.1) is 11.6 Å². The number of imidazole rings is 1. The van der Waals surface area contributed by atoms with Gasteiger partial charge in [-0.1, -0.05) is 12.1 Å². The van der Waals surface area contributed by atoms with Crippen LogP contribution in [0.25, 0.3) is 11.0 Å². The molecule has 1 aromatic carbocycles. The number of anilines is 1. The lowest BCUT2D eigenvalue weighted by molar-refractivity contribution is 0.682. The Hall–Kier alpha value is -1.22. The number of nitrogens with one attached hydrogen (secondary N) is 1. The molecule has 17 heavy (non-hydrogen) atoms. The van der Waals surface area contributed by atoms with Crippen LogP contribution in [0.1, 0.15) is 19.8 Å². The fourth-order valence-electron chi connectivity index (χ4n) is 1.95. The standard InChI is InChI=1S/C13H18ClN3/c1-10(6-5-9-14)15-13-16-11-7-3-4-8-12(11)17(13)2/h3-4,7-8,10H,5-6,9H2,1-2H3,(H,15,16). The molecule has 1 atom stereocenters. The van der Waals surface area contributed by atoms with Crippen molar-refractivity contribution in [1.29, 1.82) is 0 Å². The van der Waals surface area contributed by atoms with Gasteiger partial charge >= 0.3 is 0 Å². The topological polar surface area (TPSA) is 29.9 Å². The van der Waals surface area contributed by atoms with E-state index in [1.54, 1.807) is 0 Å². The van der Waals surface area contributed by atoms with Gasteiger partial charge in [-0.05, 0) is 31.9 Å². The van der Waals surface area contributed by atoms with Crippen LogP contribution in [-0.2, 0) is 7.05 Å². The van der Waals surface area contributed by atoms with E-state index in [1.165, 1.54) is 0 Å². The van der Waals surface area contributed by atoms with Gasteiger partial charge in [-0.2, -0.15) is 0 Å². The lowest BCUT2D eigenvalue weighted by atomic mass is 10.2. The Morgan fingerprint density at radius 3 is 2.88 bits per heavy atom. The molecule has 1 unspecified atom stereocenters. The van der Waals surface area contributed by atoms with Gasteiger partial charge in [0.1, 0.15) is 0 Å². The van der Waals surface area contributed by atoms with E-state index in [2.05, 4.69) is 27.9 Å². The molecule has 0 bridgehead atoms. The smallest absolute Gasteiger partial charge is 0.203 e. The number of nitrogens with zero attached hydrogens (tertiary/aromatic N) is 2. The van der Waals surface area contributed by atoms with Crippen LogP contribution >= 0.6 is 11.6 Å². The zero-order valence-corrected chi connectivity index (χ0v) is 11.0.